The van der Waals surface area contributed by atoms with Crippen LogP contribution in [0.15, 0.2) is 18.2 Å². The molecule has 0 spiro atoms. The van der Waals surface area contributed by atoms with Crippen molar-refractivity contribution in [3.8, 4) is 0 Å². The lowest BCUT2D eigenvalue weighted by Crippen LogP contribution is -2.36. The van der Waals surface area contributed by atoms with Gasteiger partial charge in [0.25, 0.3) is 5.91 Å². The fourth-order valence-corrected chi connectivity index (χ4v) is 1.47. The second-order valence-corrected chi connectivity index (χ2v) is 3.94. The van der Waals surface area contributed by atoms with Gasteiger partial charge in [-0.1, -0.05) is 0 Å². The first-order chi connectivity index (χ1) is 9.25. The minimum atomic E-state index is -4.64. The van der Waals surface area contributed by atoms with Crippen LogP contribution >= 0.6 is 0 Å². The monoisotopic (exact) mass is 289 g/mol. The van der Waals surface area contributed by atoms with Crippen molar-refractivity contribution in [2.45, 2.75) is 13.1 Å². The van der Waals surface area contributed by atoms with Gasteiger partial charge in [0.1, 0.15) is 0 Å². The van der Waals surface area contributed by atoms with Gasteiger partial charge in [-0.15, -0.1) is 0 Å². The van der Waals surface area contributed by atoms with Gasteiger partial charge in [-0.3, -0.25) is 9.59 Å². The summed E-state index contributed by atoms with van der Waals surface area (Å²) in [6, 6.07) is 2.82. The van der Waals surface area contributed by atoms with Gasteiger partial charge in [0.2, 0.25) is 5.91 Å². The molecule has 0 saturated heterocycles. The number of benzene rings is 1. The Balaban J connectivity index is 2.82. The van der Waals surface area contributed by atoms with Crippen LogP contribution in [0.25, 0.3) is 0 Å². The topological polar surface area (TPSA) is 84.2 Å². The molecule has 0 aromatic heterocycles. The van der Waals surface area contributed by atoms with E-state index in [4.69, 9.17) is 5.73 Å². The number of rotatable bonds is 4. The third-order valence-electron chi connectivity index (χ3n) is 2.40. The van der Waals surface area contributed by atoms with E-state index in [1.807, 2.05) is 0 Å². The Kier molecular flexibility index (Phi) is 4.95. The van der Waals surface area contributed by atoms with Crippen molar-refractivity contribution in [3.63, 3.8) is 0 Å². The molecule has 0 heterocycles. The number of likely N-dealkylation sites (N-methyl/N-ethyl adjacent to an activating group) is 1. The molecule has 0 fully saturated rings. The lowest BCUT2D eigenvalue weighted by molar-refractivity contribution is -0.137. The molecule has 0 aliphatic heterocycles. The molecule has 5 nitrogen and oxygen atoms in total. The maximum atomic E-state index is 12.6. The van der Waals surface area contributed by atoms with Crippen molar-refractivity contribution in [1.82, 2.24) is 10.6 Å². The highest BCUT2D eigenvalue weighted by atomic mass is 19.4. The van der Waals surface area contributed by atoms with E-state index >= 15 is 0 Å². The van der Waals surface area contributed by atoms with Crippen molar-refractivity contribution >= 4 is 17.5 Å². The summed E-state index contributed by atoms with van der Waals surface area (Å²) < 4.78 is 37.9. The van der Waals surface area contributed by atoms with Crippen LogP contribution in [0.2, 0.25) is 0 Å². The molecule has 0 aliphatic rings. The number of nitrogens with one attached hydrogen (secondary N) is 2. The Hall–Kier alpha value is -2.25. The van der Waals surface area contributed by atoms with Gasteiger partial charge in [0, 0.05) is 17.8 Å². The quantitative estimate of drug-likeness (QED) is 0.727. The number of nitrogen functional groups attached to an aromatic ring is 1. The summed E-state index contributed by atoms with van der Waals surface area (Å²) in [6.45, 7) is 1.79. The molecule has 1 aromatic carbocycles. The second kappa shape index (κ2) is 6.27. The van der Waals surface area contributed by atoms with Crippen molar-refractivity contribution in [3.05, 3.63) is 29.3 Å². The molecule has 0 aliphatic carbocycles. The van der Waals surface area contributed by atoms with Crippen molar-refractivity contribution in [2.24, 2.45) is 0 Å². The third kappa shape index (κ3) is 4.15. The van der Waals surface area contributed by atoms with E-state index in [1.165, 1.54) is 0 Å². The molecule has 8 heteroatoms. The van der Waals surface area contributed by atoms with Crippen LogP contribution in [0, 0.1) is 0 Å². The summed E-state index contributed by atoms with van der Waals surface area (Å²) in [5.74, 6) is -1.20. The number of halogens is 3. The van der Waals surface area contributed by atoms with Crippen LogP contribution < -0.4 is 16.4 Å². The van der Waals surface area contributed by atoms with E-state index in [9.17, 15) is 22.8 Å². The molecule has 0 unspecified atom stereocenters. The fourth-order valence-electron chi connectivity index (χ4n) is 1.47. The highest BCUT2D eigenvalue weighted by Crippen LogP contribution is 2.33. The number of hydrogen-bond acceptors (Lipinski definition) is 3. The molecule has 20 heavy (non-hydrogen) atoms. The van der Waals surface area contributed by atoms with Gasteiger partial charge in [-0.2, -0.15) is 13.2 Å². The molecule has 2 amide bonds. The standard InChI is InChI=1S/C12H14F3N3O2/c1-2-17-10(19)6-18-11(20)7-3-4-9(16)8(5-7)12(13,14)15/h3-5H,2,6,16H2,1H3,(H,17,19)(H,18,20). The van der Waals surface area contributed by atoms with Gasteiger partial charge >= 0.3 is 6.18 Å². The molecule has 0 radical (unpaired) electrons. The van der Waals surface area contributed by atoms with Crippen LogP contribution in [-0.2, 0) is 11.0 Å². The molecule has 1 rings (SSSR count). The average molecular weight is 289 g/mol. The van der Waals surface area contributed by atoms with Gasteiger partial charge in [-0.05, 0) is 25.1 Å². The first-order valence-corrected chi connectivity index (χ1v) is 5.77. The minimum Gasteiger partial charge on any atom is -0.398 e. The van der Waals surface area contributed by atoms with Gasteiger partial charge < -0.3 is 16.4 Å². The predicted molar refractivity (Wildman–Crippen MR) is 66.9 cm³/mol. The smallest absolute Gasteiger partial charge is 0.398 e. The maximum absolute atomic E-state index is 12.6. The fraction of sp³-hybridized carbons (Fsp3) is 0.333. The number of carbonyl (C=O) groups is 2. The van der Waals surface area contributed by atoms with Crippen LogP contribution in [0.1, 0.15) is 22.8 Å². The molecular formula is C12H14F3N3O2. The van der Waals surface area contributed by atoms with E-state index in [-0.39, 0.29) is 12.1 Å². The molecule has 0 saturated carbocycles. The van der Waals surface area contributed by atoms with E-state index in [1.54, 1.807) is 6.92 Å². The Morgan fingerprint density at radius 3 is 2.45 bits per heavy atom. The van der Waals surface area contributed by atoms with E-state index in [0.717, 1.165) is 12.1 Å². The predicted octanol–water partition coefficient (Wildman–Crippen LogP) is 1.15. The molecule has 0 atom stereocenters. The van der Waals surface area contributed by atoms with E-state index in [0.29, 0.717) is 12.6 Å². The van der Waals surface area contributed by atoms with Gasteiger partial charge in [0.15, 0.2) is 0 Å². The van der Waals surface area contributed by atoms with E-state index < -0.39 is 29.2 Å². The first kappa shape index (κ1) is 15.8. The highest BCUT2D eigenvalue weighted by Gasteiger charge is 2.33. The summed E-state index contributed by atoms with van der Waals surface area (Å²) in [6.07, 6.45) is -4.64. The van der Waals surface area contributed by atoms with Crippen LogP contribution in [-0.4, -0.2) is 24.9 Å². The number of hydrogen-bond donors (Lipinski definition) is 3. The van der Waals surface area contributed by atoms with Crippen LogP contribution in [0.4, 0.5) is 18.9 Å². The summed E-state index contributed by atoms with van der Waals surface area (Å²) in [5, 5.41) is 4.67. The van der Waals surface area contributed by atoms with Crippen LogP contribution in [0.3, 0.4) is 0 Å². The zero-order chi connectivity index (χ0) is 15.3. The summed E-state index contributed by atoms with van der Waals surface area (Å²) in [5.41, 5.74) is 3.47. The summed E-state index contributed by atoms with van der Waals surface area (Å²) in [4.78, 5) is 22.8. The van der Waals surface area contributed by atoms with Crippen molar-refractivity contribution < 1.29 is 22.8 Å². The highest BCUT2D eigenvalue weighted by molar-refractivity contribution is 5.97. The largest absolute Gasteiger partial charge is 0.418 e. The first-order valence-electron chi connectivity index (χ1n) is 5.77. The zero-order valence-electron chi connectivity index (χ0n) is 10.7. The number of amides is 2. The SMILES string of the molecule is CCNC(=O)CNC(=O)c1ccc(N)c(C(F)(F)F)c1. The molecule has 1 aromatic rings. The normalized spacial score (nSPS) is 11.0. The Morgan fingerprint density at radius 2 is 1.90 bits per heavy atom. The Morgan fingerprint density at radius 1 is 1.25 bits per heavy atom. The number of carbonyl (C=O) groups excluding carboxylic acids is 2. The Labute approximate surface area is 113 Å². The molecular weight excluding hydrogens is 275 g/mol. The molecule has 4 N–H and O–H groups in total. The van der Waals surface area contributed by atoms with Crippen molar-refractivity contribution in [2.75, 3.05) is 18.8 Å². The summed E-state index contributed by atoms with van der Waals surface area (Å²) in [7, 11) is 0. The molecule has 0 bridgehead atoms. The Bertz CT molecular complexity index is 515. The number of anilines is 1. The van der Waals surface area contributed by atoms with Gasteiger partial charge in [-0.25, -0.2) is 0 Å². The summed E-state index contributed by atoms with van der Waals surface area (Å²) >= 11 is 0. The lowest BCUT2D eigenvalue weighted by atomic mass is 10.1. The average Bonchev–Trinajstić information content (AvgIpc) is 2.35. The second-order valence-electron chi connectivity index (χ2n) is 3.94. The lowest BCUT2D eigenvalue weighted by Gasteiger charge is -2.11. The zero-order valence-corrected chi connectivity index (χ0v) is 10.7. The maximum Gasteiger partial charge on any atom is 0.418 e. The number of alkyl halides is 3. The van der Waals surface area contributed by atoms with Crippen molar-refractivity contribution in [1.29, 1.82) is 0 Å². The van der Waals surface area contributed by atoms with E-state index in [2.05, 4.69) is 10.6 Å². The van der Waals surface area contributed by atoms with Gasteiger partial charge in [0.05, 0.1) is 12.1 Å². The molecule has 110 valence electrons. The number of nitrogens with two attached hydrogens (primary N) is 1. The minimum absolute atomic E-state index is 0.212. The van der Waals surface area contributed by atoms with Crippen LogP contribution in [0.5, 0.6) is 0 Å². The third-order valence-corrected chi connectivity index (χ3v) is 2.40.